The predicted octanol–water partition coefficient (Wildman–Crippen LogP) is 1.82. The Morgan fingerprint density at radius 1 is 1.50 bits per heavy atom. The van der Waals surface area contributed by atoms with Gasteiger partial charge in [0.1, 0.15) is 0 Å². The van der Waals surface area contributed by atoms with E-state index in [1.54, 1.807) is 5.62 Å². The van der Waals surface area contributed by atoms with Crippen LogP contribution in [0, 0.1) is 0 Å². The summed E-state index contributed by atoms with van der Waals surface area (Å²) in [5.41, 5.74) is 1.79. The normalized spacial score (nSPS) is 10.3. The molecule has 0 saturated heterocycles. The van der Waals surface area contributed by atoms with Crippen LogP contribution in [-0.2, 0) is 4.79 Å². The van der Waals surface area contributed by atoms with Gasteiger partial charge in [0.2, 0.25) is 0 Å². The molecule has 0 heterocycles. The molecule has 0 amide bonds. The summed E-state index contributed by atoms with van der Waals surface area (Å²) in [5, 5.41) is 0. The van der Waals surface area contributed by atoms with Gasteiger partial charge in [0, 0.05) is 18.5 Å². The zero-order valence-electron chi connectivity index (χ0n) is 6.59. The first-order chi connectivity index (χ1) is 4.81. The Labute approximate surface area is 67.1 Å². The molecule has 0 unspecified atom stereocenters. The van der Waals surface area contributed by atoms with Crippen LogP contribution in [0.25, 0.3) is 0 Å². The van der Waals surface area contributed by atoms with E-state index in [0.29, 0.717) is 0 Å². The Bertz CT molecular complexity index is 87.7. The highest BCUT2D eigenvalue weighted by atomic mass is 32.2. The highest BCUT2D eigenvalue weighted by molar-refractivity contribution is 8.09. The third-order valence-corrected chi connectivity index (χ3v) is 1.84. The highest BCUT2D eigenvalue weighted by Crippen LogP contribution is 2.04. The predicted molar refractivity (Wildman–Crippen MR) is 45.4 cm³/mol. The second-order valence-corrected chi connectivity index (χ2v) is 3.21. The topological polar surface area (TPSA) is 20.3 Å². The molecule has 0 atom stereocenters. The van der Waals surface area contributed by atoms with Gasteiger partial charge in [-0.1, -0.05) is 19.8 Å². The van der Waals surface area contributed by atoms with Crippen LogP contribution in [0.5, 0.6) is 0 Å². The summed E-state index contributed by atoms with van der Waals surface area (Å²) in [5.74, 6) is 0. The molecule has 10 heavy (non-hydrogen) atoms. The lowest BCUT2D eigenvalue weighted by Gasteiger charge is -2.09. The number of hydrogen-bond donors (Lipinski definition) is 0. The van der Waals surface area contributed by atoms with Crippen LogP contribution in [-0.4, -0.2) is 23.5 Å². The molecular weight excluding hydrogens is 146 g/mol. The molecule has 0 aromatic carbocycles. The number of hydrogen-bond acceptors (Lipinski definition) is 3. The molecule has 0 aromatic rings. The number of unbranched alkanes of at least 4 members (excludes halogenated alkanes) is 2. The van der Waals surface area contributed by atoms with Crippen molar-refractivity contribution in [2.75, 3.05) is 13.6 Å². The van der Waals surface area contributed by atoms with E-state index in [1.165, 1.54) is 19.3 Å². The van der Waals surface area contributed by atoms with E-state index in [4.69, 9.17) is 0 Å². The lowest BCUT2D eigenvalue weighted by atomic mass is 10.2. The molecule has 3 heteroatoms. The number of rotatable bonds is 6. The molecule has 0 N–H and O–H groups in total. The fraction of sp³-hybridized carbons (Fsp3) is 0.857. The van der Waals surface area contributed by atoms with Gasteiger partial charge in [-0.2, -0.15) is 0 Å². The molecule has 0 rings (SSSR count). The maximum absolute atomic E-state index is 9.84. The molecule has 0 spiro atoms. The average Bonchev–Trinajstić information content (AvgIpc) is 1.89. The average molecular weight is 160 g/mol. The molecule has 2 nitrogen and oxygen atoms in total. The van der Waals surface area contributed by atoms with Crippen LogP contribution in [0.1, 0.15) is 26.2 Å². The van der Waals surface area contributed by atoms with Gasteiger partial charge in [-0.15, -0.1) is 0 Å². The molecular formula is C7H14NOS. The lowest BCUT2D eigenvalue weighted by molar-refractivity contribution is 0.523. The third-order valence-electron chi connectivity index (χ3n) is 1.27. The second kappa shape index (κ2) is 7.09. The van der Waals surface area contributed by atoms with Crippen LogP contribution in [0.4, 0.5) is 0 Å². The SMILES string of the molecule is CCCCCN(C)S[C]=O. The van der Waals surface area contributed by atoms with Crippen LogP contribution in [0.2, 0.25) is 0 Å². The van der Waals surface area contributed by atoms with Gasteiger partial charge in [0.05, 0.1) is 0 Å². The molecule has 1 radical (unpaired) electrons. The van der Waals surface area contributed by atoms with Crippen molar-refractivity contribution in [3.05, 3.63) is 0 Å². The van der Waals surface area contributed by atoms with Gasteiger partial charge in [0.25, 0.3) is 5.62 Å². The monoisotopic (exact) mass is 160 g/mol. The van der Waals surface area contributed by atoms with Crippen molar-refractivity contribution in [2.45, 2.75) is 26.2 Å². The van der Waals surface area contributed by atoms with Crippen LogP contribution >= 0.6 is 11.9 Å². The summed E-state index contributed by atoms with van der Waals surface area (Å²) in [4.78, 5) is 9.84. The van der Waals surface area contributed by atoms with E-state index in [1.807, 2.05) is 11.4 Å². The largest absolute Gasteiger partial charge is 0.282 e. The lowest BCUT2D eigenvalue weighted by Crippen LogP contribution is -2.10. The van der Waals surface area contributed by atoms with Gasteiger partial charge in [0.15, 0.2) is 0 Å². The zero-order chi connectivity index (χ0) is 7.82. The summed E-state index contributed by atoms with van der Waals surface area (Å²) in [6.45, 7) is 3.15. The Morgan fingerprint density at radius 3 is 2.70 bits per heavy atom. The number of carbonyl (C=O) groups excluding carboxylic acids is 1. The third kappa shape index (κ3) is 6.11. The van der Waals surface area contributed by atoms with Crippen molar-refractivity contribution in [2.24, 2.45) is 0 Å². The molecule has 0 aliphatic rings. The van der Waals surface area contributed by atoms with Crippen molar-refractivity contribution >= 4 is 17.6 Å². The molecule has 0 aromatic heterocycles. The Hall–Kier alpha value is -0.0200. The van der Waals surface area contributed by atoms with E-state index >= 15 is 0 Å². The van der Waals surface area contributed by atoms with Crippen LogP contribution in [0.3, 0.4) is 0 Å². The van der Waals surface area contributed by atoms with Gasteiger partial charge >= 0.3 is 0 Å². The minimum Gasteiger partial charge on any atom is -0.276 e. The van der Waals surface area contributed by atoms with Crippen LogP contribution < -0.4 is 0 Å². The maximum atomic E-state index is 9.84. The zero-order valence-corrected chi connectivity index (χ0v) is 7.41. The van der Waals surface area contributed by atoms with E-state index in [-0.39, 0.29) is 0 Å². The van der Waals surface area contributed by atoms with E-state index in [9.17, 15) is 4.79 Å². The van der Waals surface area contributed by atoms with Crippen molar-refractivity contribution in [1.29, 1.82) is 0 Å². The standard InChI is InChI=1S/C7H14NOS/c1-3-4-5-6-8(2)10-7-9/h3-6H2,1-2H3. The van der Waals surface area contributed by atoms with Crippen LogP contribution in [0.15, 0.2) is 0 Å². The summed E-state index contributed by atoms with van der Waals surface area (Å²) in [6.07, 6.45) is 3.63. The molecule has 0 bridgehead atoms. The first kappa shape index (κ1) is 9.98. The minimum absolute atomic E-state index is 0.980. The van der Waals surface area contributed by atoms with Crippen molar-refractivity contribution in [1.82, 2.24) is 4.31 Å². The van der Waals surface area contributed by atoms with Crippen molar-refractivity contribution < 1.29 is 4.79 Å². The molecule has 0 fully saturated rings. The van der Waals surface area contributed by atoms with Crippen molar-refractivity contribution in [3.63, 3.8) is 0 Å². The Kier molecular flexibility index (Phi) is 7.08. The fourth-order valence-corrected chi connectivity index (χ4v) is 1.04. The Morgan fingerprint density at radius 2 is 2.20 bits per heavy atom. The Balaban J connectivity index is 3.04. The first-order valence-electron chi connectivity index (χ1n) is 3.56. The second-order valence-electron chi connectivity index (χ2n) is 2.23. The highest BCUT2D eigenvalue weighted by Gasteiger charge is 1.95. The molecule has 59 valence electrons. The molecule has 0 saturated carbocycles. The van der Waals surface area contributed by atoms with Gasteiger partial charge in [-0.05, 0) is 13.5 Å². The summed E-state index contributed by atoms with van der Waals surface area (Å²) in [6, 6.07) is 0. The van der Waals surface area contributed by atoms with E-state index in [2.05, 4.69) is 6.92 Å². The number of nitrogens with zero attached hydrogens (tertiary/aromatic N) is 1. The fourth-order valence-electron chi connectivity index (χ4n) is 0.694. The van der Waals surface area contributed by atoms with E-state index in [0.717, 1.165) is 18.5 Å². The quantitative estimate of drug-likeness (QED) is 0.436. The van der Waals surface area contributed by atoms with Gasteiger partial charge < -0.3 is 0 Å². The minimum atomic E-state index is 0.980. The van der Waals surface area contributed by atoms with Crippen molar-refractivity contribution in [3.8, 4) is 0 Å². The summed E-state index contributed by atoms with van der Waals surface area (Å²) < 4.78 is 1.91. The smallest absolute Gasteiger partial charge is 0.276 e. The van der Waals surface area contributed by atoms with Gasteiger partial charge in [-0.25, -0.2) is 4.31 Å². The summed E-state index contributed by atoms with van der Waals surface area (Å²) in [7, 11) is 1.91. The van der Waals surface area contributed by atoms with E-state index < -0.39 is 0 Å². The maximum Gasteiger partial charge on any atom is 0.282 e. The molecule has 0 aliphatic carbocycles. The van der Waals surface area contributed by atoms with Gasteiger partial charge in [-0.3, -0.25) is 4.79 Å². The first-order valence-corrected chi connectivity index (χ1v) is 4.33. The summed E-state index contributed by atoms with van der Waals surface area (Å²) >= 11 is 1.11. The molecule has 0 aliphatic heterocycles.